The van der Waals surface area contributed by atoms with Crippen molar-refractivity contribution >= 4 is 32.6 Å². The number of H-pyrrole nitrogens is 1. The smallest absolute Gasteiger partial charge is 0.0544 e. The zero-order valence-electron chi connectivity index (χ0n) is 19.7. The number of fused-ring (bicyclic) bond motifs is 7. The second-order valence-corrected chi connectivity index (χ2v) is 9.50. The molecule has 0 amide bonds. The monoisotopic (exact) mass is 437 g/mol. The molecule has 0 bridgehead atoms. The Morgan fingerprint density at radius 2 is 1.21 bits per heavy atom. The van der Waals surface area contributed by atoms with Crippen LogP contribution in [-0.2, 0) is 5.41 Å². The van der Waals surface area contributed by atoms with Crippen LogP contribution in [0.1, 0.15) is 25.0 Å². The molecule has 0 atom stereocenters. The van der Waals surface area contributed by atoms with Crippen molar-refractivity contribution in [1.29, 1.82) is 0 Å². The highest BCUT2D eigenvalue weighted by Gasteiger charge is 2.36. The minimum absolute atomic E-state index is 0.00794. The second kappa shape index (κ2) is 7.46. The topological polar surface area (TPSA) is 15.8 Å². The Kier molecular flexibility index (Phi) is 4.50. The summed E-state index contributed by atoms with van der Waals surface area (Å²) in [4.78, 5) is 3.77. The quantitative estimate of drug-likeness (QED) is 0.247. The van der Waals surface area contributed by atoms with E-state index in [9.17, 15) is 0 Å². The molecule has 7 rings (SSSR count). The van der Waals surface area contributed by atoms with Gasteiger partial charge in [-0.15, -0.1) is 13.2 Å². The minimum atomic E-state index is 0.00794. The molecular weight excluding hydrogens is 410 g/mol. The van der Waals surface area contributed by atoms with Gasteiger partial charge in [-0.1, -0.05) is 98.8 Å². The van der Waals surface area contributed by atoms with E-state index in [0.29, 0.717) is 0 Å². The van der Waals surface area contributed by atoms with Gasteiger partial charge < -0.3 is 4.98 Å². The number of hydrogen-bond acceptors (Lipinski definition) is 0. The number of benzene rings is 5. The summed E-state index contributed by atoms with van der Waals surface area (Å²) in [6, 6.07) is 35.6. The summed E-state index contributed by atoms with van der Waals surface area (Å²) in [6.07, 6.45) is 0. The summed E-state index contributed by atoms with van der Waals surface area (Å²) < 4.78 is 0. The van der Waals surface area contributed by atoms with Gasteiger partial charge in [-0.05, 0) is 50.7 Å². The molecule has 0 fully saturated rings. The summed E-state index contributed by atoms with van der Waals surface area (Å²) in [5.41, 5.74) is 10.6. The van der Waals surface area contributed by atoms with Crippen LogP contribution in [0.4, 0.5) is 0 Å². The van der Waals surface area contributed by atoms with Crippen LogP contribution >= 0.6 is 0 Å². The number of nitrogens with one attached hydrogen (secondary N) is 1. The lowest BCUT2D eigenvalue weighted by Gasteiger charge is -2.21. The van der Waals surface area contributed by atoms with E-state index in [-0.39, 0.29) is 5.41 Å². The van der Waals surface area contributed by atoms with Gasteiger partial charge in [0.1, 0.15) is 0 Å². The first-order valence-electron chi connectivity index (χ1n) is 11.8. The molecule has 5 aromatic carbocycles. The second-order valence-electron chi connectivity index (χ2n) is 9.50. The predicted octanol–water partition coefficient (Wildman–Crippen LogP) is 9.25. The summed E-state index contributed by atoms with van der Waals surface area (Å²) in [6.45, 7) is 10.7. The third-order valence-corrected chi connectivity index (χ3v) is 7.40. The molecule has 1 aliphatic carbocycles. The van der Waals surface area contributed by atoms with E-state index < -0.39 is 0 Å². The summed E-state index contributed by atoms with van der Waals surface area (Å²) in [5.74, 6) is 0. The lowest BCUT2D eigenvalue weighted by molar-refractivity contribution is 0.660. The zero-order chi connectivity index (χ0) is 23.4. The average molecular weight is 438 g/mol. The lowest BCUT2D eigenvalue weighted by Crippen LogP contribution is -2.14. The van der Waals surface area contributed by atoms with Gasteiger partial charge in [0.15, 0.2) is 0 Å². The molecule has 1 heteroatoms. The fourth-order valence-corrected chi connectivity index (χ4v) is 5.82. The molecule has 0 unspecified atom stereocenters. The van der Waals surface area contributed by atoms with Crippen molar-refractivity contribution in [2.45, 2.75) is 19.3 Å². The van der Waals surface area contributed by atoms with Crippen LogP contribution in [-0.4, -0.2) is 4.98 Å². The van der Waals surface area contributed by atoms with Crippen LogP contribution in [0.5, 0.6) is 0 Å². The first-order chi connectivity index (χ1) is 16.6. The van der Waals surface area contributed by atoms with Crippen molar-refractivity contribution in [1.82, 2.24) is 4.98 Å². The van der Waals surface area contributed by atoms with Gasteiger partial charge in [-0.25, -0.2) is 0 Å². The summed E-state index contributed by atoms with van der Waals surface area (Å²) in [7, 11) is 0. The SMILES string of the molecule is C=C.CC1(C)c2ccccc2-c2c(-c3cccc4c3[nH]c3cc5ccccc5cc34)cccc21. The Morgan fingerprint density at radius 3 is 2.03 bits per heavy atom. The lowest BCUT2D eigenvalue weighted by atomic mass is 9.82. The molecular formula is C33H27N. The van der Waals surface area contributed by atoms with Gasteiger partial charge in [0, 0.05) is 27.3 Å². The standard InChI is InChI=1S/C31H23N.C2H4/c1-31(2)26-15-6-5-11-24(26)29-21(12-8-16-27(29)31)22-13-7-14-23-25-17-19-9-3-4-10-20(19)18-28(25)32-30(22)23;1-2/h3-18,32H,1-2H3;1-2H2. The van der Waals surface area contributed by atoms with E-state index >= 15 is 0 Å². The highest BCUT2D eigenvalue weighted by Crippen LogP contribution is 2.52. The van der Waals surface area contributed by atoms with Gasteiger partial charge in [-0.2, -0.15) is 0 Å². The molecule has 6 aromatic rings. The van der Waals surface area contributed by atoms with E-state index in [1.54, 1.807) is 0 Å². The maximum atomic E-state index is 3.77. The largest absolute Gasteiger partial charge is 0.354 e. The Morgan fingerprint density at radius 1 is 0.588 bits per heavy atom. The first-order valence-corrected chi connectivity index (χ1v) is 11.8. The Labute approximate surface area is 200 Å². The van der Waals surface area contributed by atoms with Gasteiger partial charge in [0.05, 0.1) is 5.52 Å². The summed E-state index contributed by atoms with van der Waals surface area (Å²) in [5, 5.41) is 5.12. The fraction of sp³-hybridized carbons (Fsp3) is 0.0909. The zero-order valence-corrected chi connectivity index (χ0v) is 19.7. The van der Waals surface area contributed by atoms with E-state index in [1.807, 2.05) is 0 Å². The minimum Gasteiger partial charge on any atom is -0.354 e. The summed E-state index contributed by atoms with van der Waals surface area (Å²) >= 11 is 0. The van der Waals surface area contributed by atoms with Gasteiger partial charge >= 0.3 is 0 Å². The maximum Gasteiger partial charge on any atom is 0.0544 e. The number of aromatic amines is 1. The molecule has 0 spiro atoms. The molecule has 0 saturated carbocycles. The Bertz CT molecular complexity index is 1710. The van der Waals surface area contributed by atoms with E-state index in [4.69, 9.17) is 0 Å². The third-order valence-electron chi connectivity index (χ3n) is 7.40. The van der Waals surface area contributed by atoms with E-state index in [1.165, 1.54) is 66.0 Å². The average Bonchev–Trinajstić information content (AvgIpc) is 3.36. The van der Waals surface area contributed by atoms with Crippen LogP contribution in [0.25, 0.3) is 54.8 Å². The van der Waals surface area contributed by atoms with Crippen molar-refractivity contribution < 1.29 is 0 Å². The molecule has 1 aliphatic rings. The predicted molar refractivity (Wildman–Crippen MR) is 148 cm³/mol. The number of para-hydroxylation sites is 1. The van der Waals surface area contributed by atoms with Crippen LogP contribution in [0.2, 0.25) is 0 Å². The number of hydrogen-bond donors (Lipinski definition) is 1. The highest BCUT2D eigenvalue weighted by molar-refractivity contribution is 6.16. The van der Waals surface area contributed by atoms with Gasteiger partial charge in [0.25, 0.3) is 0 Å². The molecule has 164 valence electrons. The highest BCUT2D eigenvalue weighted by atomic mass is 14.7. The van der Waals surface area contributed by atoms with Crippen molar-refractivity contribution in [2.24, 2.45) is 0 Å². The Hall–Kier alpha value is -4.10. The van der Waals surface area contributed by atoms with E-state index in [2.05, 4.69) is 129 Å². The Balaban J connectivity index is 0.00000106. The van der Waals surface area contributed by atoms with Gasteiger partial charge in [0.2, 0.25) is 0 Å². The van der Waals surface area contributed by atoms with Crippen molar-refractivity contribution in [3.63, 3.8) is 0 Å². The van der Waals surface area contributed by atoms with Crippen LogP contribution in [0.15, 0.2) is 110 Å². The van der Waals surface area contributed by atoms with Crippen LogP contribution < -0.4 is 0 Å². The van der Waals surface area contributed by atoms with Gasteiger partial charge in [-0.3, -0.25) is 0 Å². The number of rotatable bonds is 1. The first kappa shape index (κ1) is 20.5. The van der Waals surface area contributed by atoms with Crippen molar-refractivity contribution in [3.05, 3.63) is 121 Å². The maximum absolute atomic E-state index is 3.77. The van der Waals surface area contributed by atoms with Crippen LogP contribution in [0.3, 0.4) is 0 Å². The molecule has 1 nitrogen and oxygen atoms in total. The molecule has 0 aliphatic heterocycles. The van der Waals surface area contributed by atoms with Crippen LogP contribution in [0, 0.1) is 0 Å². The normalized spacial score (nSPS) is 13.5. The number of aromatic nitrogens is 1. The van der Waals surface area contributed by atoms with E-state index in [0.717, 1.165) is 0 Å². The van der Waals surface area contributed by atoms with Crippen molar-refractivity contribution in [3.8, 4) is 22.3 Å². The molecule has 0 radical (unpaired) electrons. The fourth-order valence-electron chi connectivity index (χ4n) is 5.82. The molecule has 0 saturated heterocycles. The third kappa shape index (κ3) is 2.74. The molecule has 1 aromatic heterocycles. The molecule has 34 heavy (non-hydrogen) atoms. The molecule has 1 N–H and O–H groups in total. The molecule has 1 heterocycles. The van der Waals surface area contributed by atoms with Crippen molar-refractivity contribution in [2.75, 3.05) is 0 Å².